The predicted molar refractivity (Wildman–Crippen MR) is 83.0 cm³/mol. The second kappa shape index (κ2) is 4.70. The number of thiophene rings is 1. The lowest BCUT2D eigenvalue weighted by Crippen LogP contribution is -2.13. The number of hydrogen-bond acceptors (Lipinski definition) is 3. The molecule has 106 valence electrons. The highest BCUT2D eigenvalue weighted by atomic mass is 32.1. The number of rotatable bonds is 3. The summed E-state index contributed by atoms with van der Waals surface area (Å²) in [5.74, 6) is 0.445. The van der Waals surface area contributed by atoms with Crippen LogP contribution in [0.2, 0.25) is 0 Å². The van der Waals surface area contributed by atoms with Crippen molar-refractivity contribution in [2.75, 3.05) is 10.6 Å². The van der Waals surface area contributed by atoms with E-state index in [1.165, 1.54) is 24.2 Å². The Bertz CT molecular complexity index is 746. The molecule has 1 aliphatic heterocycles. The molecule has 1 aromatic heterocycles. The van der Waals surface area contributed by atoms with E-state index in [1.54, 1.807) is 0 Å². The maximum absolute atomic E-state index is 12.5. The fourth-order valence-electron chi connectivity index (χ4n) is 2.75. The van der Waals surface area contributed by atoms with Gasteiger partial charge in [0.1, 0.15) is 0 Å². The molecule has 2 amide bonds. The first-order valence-electron chi connectivity index (χ1n) is 7.03. The van der Waals surface area contributed by atoms with Gasteiger partial charge >= 0.3 is 0 Å². The molecule has 1 fully saturated rings. The summed E-state index contributed by atoms with van der Waals surface area (Å²) >= 11 is 1.48. The zero-order chi connectivity index (χ0) is 14.4. The summed E-state index contributed by atoms with van der Waals surface area (Å²) < 4.78 is 0. The lowest BCUT2D eigenvalue weighted by atomic mass is 10.1. The van der Waals surface area contributed by atoms with Crippen molar-refractivity contribution in [3.63, 3.8) is 0 Å². The first-order valence-corrected chi connectivity index (χ1v) is 7.91. The van der Waals surface area contributed by atoms with Crippen LogP contribution in [0.4, 0.5) is 11.4 Å². The number of benzene rings is 1. The maximum atomic E-state index is 12.5. The number of fused-ring (bicyclic) bond motifs is 1. The number of nitrogens with one attached hydrogen (secondary N) is 2. The van der Waals surface area contributed by atoms with Crippen LogP contribution in [0.1, 0.15) is 39.6 Å². The second-order valence-electron chi connectivity index (χ2n) is 5.50. The molecule has 0 radical (unpaired) electrons. The minimum atomic E-state index is -0.0820. The SMILES string of the molecule is O=C1Cc2cccc(NC(=O)c3sccc3C3CC3)c2N1. The van der Waals surface area contributed by atoms with Gasteiger partial charge in [0, 0.05) is 0 Å². The minimum absolute atomic E-state index is 0.0264. The average Bonchev–Trinajstić information content (AvgIpc) is 3.05. The van der Waals surface area contributed by atoms with Crippen molar-refractivity contribution < 1.29 is 9.59 Å². The van der Waals surface area contributed by atoms with E-state index >= 15 is 0 Å². The van der Waals surface area contributed by atoms with Gasteiger partial charge in [-0.25, -0.2) is 0 Å². The van der Waals surface area contributed by atoms with Crippen molar-refractivity contribution in [3.05, 3.63) is 45.6 Å². The van der Waals surface area contributed by atoms with Crippen LogP contribution in [0.25, 0.3) is 0 Å². The van der Waals surface area contributed by atoms with E-state index in [2.05, 4.69) is 16.7 Å². The molecule has 21 heavy (non-hydrogen) atoms. The predicted octanol–water partition coefficient (Wildman–Crippen LogP) is 3.37. The van der Waals surface area contributed by atoms with Crippen molar-refractivity contribution in [1.29, 1.82) is 0 Å². The third-order valence-electron chi connectivity index (χ3n) is 3.93. The smallest absolute Gasteiger partial charge is 0.266 e. The van der Waals surface area contributed by atoms with E-state index in [1.807, 2.05) is 23.6 Å². The summed E-state index contributed by atoms with van der Waals surface area (Å²) in [7, 11) is 0. The molecule has 1 saturated carbocycles. The van der Waals surface area contributed by atoms with Crippen LogP contribution in [-0.2, 0) is 11.2 Å². The van der Waals surface area contributed by atoms with Gasteiger partial charge in [0.2, 0.25) is 5.91 Å². The summed E-state index contributed by atoms with van der Waals surface area (Å²) in [5, 5.41) is 7.73. The molecule has 1 aliphatic carbocycles. The zero-order valence-corrected chi connectivity index (χ0v) is 12.1. The van der Waals surface area contributed by atoms with Crippen molar-refractivity contribution in [2.24, 2.45) is 0 Å². The highest BCUT2D eigenvalue weighted by molar-refractivity contribution is 7.12. The Morgan fingerprint density at radius 1 is 1.29 bits per heavy atom. The van der Waals surface area contributed by atoms with Crippen molar-refractivity contribution in [1.82, 2.24) is 0 Å². The fourth-order valence-corrected chi connectivity index (χ4v) is 3.63. The van der Waals surface area contributed by atoms with Crippen LogP contribution in [0.15, 0.2) is 29.6 Å². The van der Waals surface area contributed by atoms with Gasteiger partial charge in [0.15, 0.2) is 0 Å². The van der Waals surface area contributed by atoms with Gasteiger partial charge in [-0.1, -0.05) is 12.1 Å². The molecule has 4 rings (SSSR count). The molecule has 0 unspecified atom stereocenters. The summed E-state index contributed by atoms with van der Waals surface area (Å²) in [6.45, 7) is 0. The Kier molecular flexibility index (Phi) is 2.82. The largest absolute Gasteiger partial charge is 0.324 e. The first kappa shape index (κ1) is 12.6. The molecule has 0 bridgehead atoms. The molecular weight excluding hydrogens is 284 g/mol. The highest BCUT2D eigenvalue weighted by Gasteiger charge is 2.29. The van der Waals surface area contributed by atoms with E-state index in [0.717, 1.165) is 21.7 Å². The second-order valence-corrected chi connectivity index (χ2v) is 6.41. The van der Waals surface area contributed by atoms with E-state index in [0.29, 0.717) is 18.0 Å². The maximum Gasteiger partial charge on any atom is 0.266 e. The van der Waals surface area contributed by atoms with E-state index in [-0.39, 0.29) is 11.8 Å². The van der Waals surface area contributed by atoms with Crippen LogP contribution >= 0.6 is 11.3 Å². The summed E-state index contributed by atoms with van der Waals surface area (Å²) in [4.78, 5) is 24.8. The lowest BCUT2D eigenvalue weighted by molar-refractivity contribution is -0.115. The number of amides is 2. The first-order chi connectivity index (χ1) is 10.2. The van der Waals surface area contributed by atoms with Crippen LogP contribution < -0.4 is 10.6 Å². The van der Waals surface area contributed by atoms with Crippen molar-refractivity contribution >= 4 is 34.5 Å². The van der Waals surface area contributed by atoms with Crippen LogP contribution in [-0.4, -0.2) is 11.8 Å². The van der Waals surface area contributed by atoms with Gasteiger partial charge in [-0.05, 0) is 47.4 Å². The average molecular weight is 298 g/mol. The van der Waals surface area contributed by atoms with Crippen LogP contribution in [0.5, 0.6) is 0 Å². The highest BCUT2D eigenvalue weighted by Crippen LogP contribution is 2.43. The van der Waals surface area contributed by atoms with Crippen molar-refractivity contribution in [2.45, 2.75) is 25.2 Å². The molecule has 5 heteroatoms. The van der Waals surface area contributed by atoms with E-state index < -0.39 is 0 Å². The normalized spacial score (nSPS) is 16.5. The fraction of sp³-hybridized carbons (Fsp3) is 0.250. The van der Waals surface area contributed by atoms with Crippen LogP contribution in [0, 0.1) is 0 Å². The standard InChI is InChI=1S/C16H14N2O2S/c19-13-8-10-2-1-3-12(14(10)18-13)17-16(20)15-11(6-7-21-15)9-4-5-9/h1-3,6-7,9H,4-5,8H2,(H,17,20)(H,18,19). The summed E-state index contributed by atoms with van der Waals surface area (Å²) in [6.07, 6.45) is 2.73. The molecule has 2 heterocycles. The molecule has 4 nitrogen and oxygen atoms in total. The van der Waals surface area contributed by atoms with Gasteiger partial charge in [-0.15, -0.1) is 11.3 Å². The molecule has 2 aromatic rings. The Hall–Kier alpha value is -2.14. The number of carbonyl (C=O) groups is 2. The van der Waals surface area contributed by atoms with E-state index in [9.17, 15) is 9.59 Å². The molecule has 0 spiro atoms. The molecule has 0 saturated heterocycles. The van der Waals surface area contributed by atoms with Gasteiger partial charge in [-0.3, -0.25) is 9.59 Å². The van der Waals surface area contributed by atoms with Gasteiger partial charge in [0.05, 0.1) is 22.7 Å². The number of anilines is 2. The summed E-state index contributed by atoms with van der Waals surface area (Å²) in [5.41, 5.74) is 3.51. The third-order valence-corrected chi connectivity index (χ3v) is 4.86. The minimum Gasteiger partial charge on any atom is -0.324 e. The molecule has 1 aromatic carbocycles. The van der Waals surface area contributed by atoms with Gasteiger partial charge in [0.25, 0.3) is 5.91 Å². The van der Waals surface area contributed by atoms with E-state index in [4.69, 9.17) is 0 Å². The monoisotopic (exact) mass is 298 g/mol. The van der Waals surface area contributed by atoms with Crippen LogP contribution in [0.3, 0.4) is 0 Å². The zero-order valence-electron chi connectivity index (χ0n) is 11.3. The Balaban J connectivity index is 1.62. The third kappa shape index (κ3) is 2.23. The molecular formula is C16H14N2O2S. The lowest BCUT2D eigenvalue weighted by Gasteiger charge is -2.10. The number of carbonyl (C=O) groups excluding carboxylic acids is 2. The Morgan fingerprint density at radius 2 is 2.14 bits per heavy atom. The van der Waals surface area contributed by atoms with Crippen molar-refractivity contribution in [3.8, 4) is 0 Å². The summed E-state index contributed by atoms with van der Waals surface area (Å²) in [6, 6.07) is 7.65. The Morgan fingerprint density at radius 3 is 2.95 bits per heavy atom. The number of hydrogen-bond donors (Lipinski definition) is 2. The topological polar surface area (TPSA) is 58.2 Å². The molecule has 2 aliphatic rings. The van der Waals surface area contributed by atoms with Gasteiger partial charge < -0.3 is 10.6 Å². The Labute approximate surface area is 126 Å². The molecule has 2 N–H and O–H groups in total. The quantitative estimate of drug-likeness (QED) is 0.912. The molecule has 0 atom stereocenters. The number of para-hydroxylation sites is 1. The van der Waals surface area contributed by atoms with Gasteiger partial charge in [-0.2, -0.15) is 0 Å².